The lowest BCUT2D eigenvalue weighted by molar-refractivity contribution is -0.161. The molecule has 0 fully saturated rings. The van der Waals surface area contributed by atoms with Gasteiger partial charge in [0.15, 0.2) is 6.10 Å². The number of phosphoric acid groups is 1. The fourth-order valence-electron chi connectivity index (χ4n) is 5.46. The highest BCUT2D eigenvalue weighted by molar-refractivity contribution is 7.47. The van der Waals surface area contributed by atoms with Gasteiger partial charge in [0.2, 0.25) is 0 Å². The molecule has 0 saturated carbocycles. The van der Waals surface area contributed by atoms with E-state index in [9.17, 15) is 19.0 Å². The Morgan fingerprint density at radius 2 is 1.02 bits per heavy atom. The highest BCUT2D eigenvalue weighted by Crippen LogP contribution is 2.43. The molecule has 0 heterocycles. The number of carbonyl (C=O) groups excluding carboxylic acids is 2. The first kappa shape index (κ1) is 49.2. The molecule has 3 N–H and O–H groups in total. The van der Waals surface area contributed by atoms with Crippen molar-refractivity contribution < 1.29 is 37.6 Å². The molecule has 0 aliphatic heterocycles. The first-order chi connectivity index (χ1) is 24.8. The summed E-state index contributed by atoms with van der Waals surface area (Å²) in [4.78, 5) is 34.8. The molecule has 0 aromatic rings. The number of rotatable bonds is 38. The van der Waals surface area contributed by atoms with Crippen molar-refractivity contribution in [2.75, 3.05) is 26.4 Å². The predicted octanol–water partition coefficient (Wildman–Crippen LogP) is 11.4. The van der Waals surface area contributed by atoms with Gasteiger partial charge in [0, 0.05) is 19.4 Å². The Kier molecular flexibility index (Phi) is 36.7. The van der Waals surface area contributed by atoms with Gasteiger partial charge in [-0.25, -0.2) is 4.57 Å². The number of unbranched alkanes of at least 4 members (excludes halogenated alkanes) is 19. The summed E-state index contributed by atoms with van der Waals surface area (Å²) in [7, 11) is -4.38. The van der Waals surface area contributed by atoms with Crippen LogP contribution in [0.5, 0.6) is 0 Å². The van der Waals surface area contributed by atoms with Gasteiger partial charge in [-0.2, -0.15) is 0 Å². The molecule has 0 bridgehead atoms. The van der Waals surface area contributed by atoms with Gasteiger partial charge in [0.1, 0.15) is 6.61 Å². The average molecular weight is 742 g/mol. The molecule has 0 radical (unpaired) electrons. The zero-order valence-corrected chi connectivity index (χ0v) is 33.5. The molecule has 2 atom stereocenters. The van der Waals surface area contributed by atoms with E-state index in [0.717, 1.165) is 57.8 Å². The van der Waals surface area contributed by atoms with Crippen LogP contribution < -0.4 is 5.73 Å². The fraction of sp³-hybridized carbons (Fsp3) is 0.805. The van der Waals surface area contributed by atoms with Crippen LogP contribution in [0, 0.1) is 0 Å². The minimum absolute atomic E-state index is 0.0497. The topological polar surface area (TPSA) is 134 Å². The normalized spacial score (nSPS) is 13.7. The molecule has 9 nitrogen and oxygen atoms in total. The third-order valence-electron chi connectivity index (χ3n) is 8.53. The van der Waals surface area contributed by atoms with Gasteiger partial charge in [0.05, 0.1) is 13.2 Å². The molecular formula is C41H76NO8P. The Balaban J connectivity index is 4.23. The molecule has 0 aliphatic carbocycles. The van der Waals surface area contributed by atoms with Crippen LogP contribution in [0.3, 0.4) is 0 Å². The zero-order chi connectivity index (χ0) is 37.5. The van der Waals surface area contributed by atoms with Crippen molar-refractivity contribution in [2.45, 2.75) is 187 Å². The number of nitrogens with two attached hydrogens (primary N) is 1. The van der Waals surface area contributed by atoms with Crippen LogP contribution in [0.4, 0.5) is 0 Å². The van der Waals surface area contributed by atoms with E-state index >= 15 is 0 Å². The number of allylic oxidation sites excluding steroid dienone is 6. The van der Waals surface area contributed by atoms with Gasteiger partial charge in [-0.15, -0.1) is 0 Å². The second-order valence-electron chi connectivity index (χ2n) is 13.5. The standard InChI is InChI=1S/C41H76NO8P/c1-3-5-7-9-11-13-15-17-18-19-20-22-24-26-28-30-32-34-41(44)50-39(38-49-51(45,46)48-36-35-42)37-47-40(43)33-31-29-27-25-23-21-16-14-12-10-8-6-4-2/h11,13,17-18,20,22,39H,3-10,12,14-16,19,21,23-38,42H2,1-2H3,(H,45,46)/t39-/m1/s1. The summed E-state index contributed by atoms with van der Waals surface area (Å²) in [6.45, 7) is 3.67. The largest absolute Gasteiger partial charge is 0.472 e. The Morgan fingerprint density at radius 3 is 1.55 bits per heavy atom. The summed E-state index contributed by atoms with van der Waals surface area (Å²) in [5.41, 5.74) is 5.34. The van der Waals surface area contributed by atoms with E-state index in [2.05, 4.69) is 50.3 Å². The predicted molar refractivity (Wildman–Crippen MR) is 210 cm³/mol. The van der Waals surface area contributed by atoms with Gasteiger partial charge in [-0.05, 0) is 51.4 Å². The van der Waals surface area contributed by atoms with Crippen LogP contribution in [0.25, 0.3) is 0 Å². The quantitative estimate of drug-likeness (QED) is 0.0274. The van der Waals surface area contributed by atoms with Gasteiger partial charge in [-0.3, -0.25) is 18.6 Å². The van der Waals surface area contributed by atoms with Crippen LogP contribution in [0.2, 0.25) is 0 Å². The van der Waals surface area contributed by atoms with Crippen LogP contribution in [-0.2, 0) is 32.7 Å². The molecular weight excluding hydrogens is 665 g/mol. The second-order valence-corrected chi connectivity index (χ2v) is 15.0. The summed E-state index contributed by atoms with van der Waals surface area (Å²) in [6.07, 6.45) is 40.2. The summed E-state index contributed by atoms with van der Waals surface area (Å²) < 4.78 is 32.7. The summed E-state index contributed by atoms with van der Waals surface area (Å²) in [5, 5.41) is 0. The Hall–Kier alpha value is -1.77. The monoisotopic (exact) mass is 742 g/mol. The molecule has 0 aromatic carbocycles. The highest BCUT2D eigenvalue weighted by Gasteiger charge is 2.25. The third kappa shape index (κ3) is 37.8. The van der Waals surface area contributed by atoms with Gasteiger partial charge in [0.25, 0.3) is 0 Å². The van der Waals surface area contributed by atoms with E-state index in [4.69, 9.17) is 24.3 Å². The van der Waals surface area contributed by atoms with E-state index in [1.807, 2.05) is 0 Å². The summed E-state index contributed by atoms with van der Waals surface area (Å²) in [6, 6.07) is 0. The Morgan fingerprint density at radius 1 is 0.588 bits per heavy atom. The minimum atomic E-state index is -4.38. The molecule has 1 unspecified atom stereocenters. The smallest absolute Gasteiger partial charge is 0.462 e. The Labute approximate surface area is 312 Å². The van der Waals surface area contributed by atoms with Crippen LogP contribution >= 0.6 is 7.82 Å². The maximum atomic E-state index is 12.5. The van der Waals surface area contributed by atoms with E-state index in [1.165, 1.54) is 89.9 Å². The third-order valence-corrected chi connectivity index (χ3v) is 9.51. The SMILES string of the molecule is CCCCCC=CCC=CCC=CCCCCCCC(=O)O[C@H](COC(=O)CCCCCCCCCCCCCCC)COP(=O)(O)OCCN. The number of hydrogen-bond acceptors (Lipinski definition) is 8. The van der Waals surface area contributed by atoms with Crippen molar-refractivity contribution in [3.05, 3.63) is 36.5 Å². The van der Waals surface area contributed by atoms with Crippen LogP contribution in [0.1, 0.15) is 181 Å². The van der Waals surface area contributed by atoms with Gasteiger partial charge < -0.3 is 20.1 Å². The highest BCUT2D eigenvalue weighted by atomic mass is 31.2. The molecule has 51 heavy (non-hydrogen) atoms. The molecule has 298 valence electrons. The molecule has 0 rings (SSSR count). The van der Waals surface area contributed by atoms with Crippen molar-refractivity contribution in [3.8, 4) is 0 Å². The Bertz CT molecular complexity index is 939. The van der Waals surface area contributed by atoms with E-state index in [0.29, 0.717) is 6.42 Å². The molecule has 0 amide bonds. The number of ether oxygens (including phenoxy) is 2. The molecule has 10 heteroatoms. The van der Waals surface area contributed by atoms with Crippen LogP contribution in [-0.4, -0.2) is 49.3 Å². The lowest BCUT2D eigenvalue weighted by Gasteiger charge is -2.19. The first-order valence-corrected chi connectivity index (χ1v) is 22.0. The zero-order valence-electron chi connectivity index (χ0n) is 32.6. The van der Waals surface area contributed by atoms with E-state index in [1.54, 1.807) is 0 Å². The van der Waals surface area contributed by atoms with Crippen molar-refractivity contribution in [3.63, 3.8) is 0 Å². The van der Waals surface area contributed by atoms with Crippen molar-refractivity contribution in [1.82, 2.24) is 0 Å². The maximum absolute atomic E-state index is 12.5. The summed E-state index contributed by atoms with van der Waals surface area (Å²) in [5.74, 6) is -0.852. The number of carbonyl (C=O) groups is 2. The van der Waals surface area contributed by atoms with Gasteiger partial charge in [-0.1, -0.05) is 153 Å². The molecule has 0 spiro atoms. The second kappa shape index (κ2) is 38.0. The van der Waals surface area contributed by atoms with Crippen molar-refractivity contribution in [2.24, 2.45) is 5.73 Å². The average Bonchev–Trinajstić information content (AvgIpc) is 3.11. The van der Waals surface area contributed by atoms with E-state index in [-0.39, 0.29) is 38.6 Å². The lowest BCUT2D eigenvalue weighted by atomic mass is 10.0. The minimum Gasteiger partial charge on any atom is -0.462 e. The number of hydrogen-bond donors (Lipinski definition) is 2. The number of esters is 2. The van der Waals surface area contributed by atoms with Crippen LogP contribution in [0.15, 0.2) is 36.5 Å². The number of phosphoric ester groups is 1. The first-order valence-electron chi connectivity index (χ1n) is 20.5. The lowest BCUT2D eigenvalue weighted by Crippen LogP contribution is -2.29. The summed E-state index contributed by atoms with van der Waals surface area (Å²) >= 11 is 0. The molecule has 0 aromatic heterocycles. The fourth-order valence-corrected chi connectivity index (χ4v) is 6.23. The maximum Gasteiger partial charge on any atom is 0.472 e. The van der Waals surface area contributed by atoms with Crippen molar-refractivity contribution >= 4 is 19.8 Å². The van der Waals surface area contributed by atoms with E-state index < -0.39 is 26.5 Å². The van der Waals surface area contributed by atoms with Crippen molar-refractivity contribution in [1.29, 1.82) is 0 Å². The molecule has 0 saturated heterocycles. The van der Waals surface area contributed by atoms with Gasteiger partial charge >= 0.3 is 19.8 Å². The molecule has 0 aliphatic rings.